The van der Waals surface area contributed by atoms with E-state index >= 15 is 0 Å². The van der Waals surface area contributed by atoms with E-state index in [1.54, 1.807) is 11.1 Å². The maximum Gasteiger partial charge on any atom is 0.0948 e. The lowest BCUT2D eigenvalue weighted by Crippen LogP contribution is -2.22. The Morgan fingerprint density at radius 3 is 2.87 bits per heavy atom. The molecule has 5 nitrogen and oxygen atoms in total. The summed E-state index contributed by atoms with van der Waals surface area (Å²) < 4.78 is 4.06. The van der Waals surface area contributed by atoms with Gasteiger partial charge in [0.2, 0.25) is 0 Å². The highest BCUT2D eigenvalue weighted by molar-refractivity contribution is 5.26. The molecule has 1 aliphatic rings. The Bertz CT molecular complexity index is 705. The van der Waals surface area contributed by atoms with Gasteiger partial charge < -0.3 is 4.57 Å². The smallest absolute Gasteiger partial charge is 0.0948 e. The Hall–Kier alpha value is -1.91. The third-order valence-corrected chi connectivity index (χ3v) is 5.09. The van der Waals surface area contributed by atoms with E-state index in [4.69, 9.17) is 0 Å². The average Bonchev–Trinajstić information content (AvgIpc) is 3.12. The van der Waals surface area contributed by atoms with Crippen LogP contribution in [0.4, 0.5) is 0 Å². The molecule has 3 rings (SSSR count). The van der Waals surface area contributed by atoms with Crippen molar-refractivity contribution in [3.8, 4) is 0 Å². The summed E-state index contributed by atoms with van der Waals surface area (Å²) in [7, 11) is 0. The maximum atomic E-state index is 4.40. The molecule has 0 fully saturated rings. The van der Waals surface area contributed by atoms with Crippen molar-refractivity contribution in [1.82, 2.24) is 24.5 Å². The molecule has 2 aromatic heterocycles. The third-order valence-electron chi connectivity index (χ3n) is 5.09. The van der Waals surface area contributed by atoms with Crippen LogP contribution < -0.4 is 0 Å². The van der Waals surface area contributed by atoms with Crippen LogP contribution in [0.1, 0.15) is 58.3 Å². The second-order valence-electron chi connectivity index (χ2n) is 7.25. The molecule has 0 saturated heterocycles. The molecule has 2 heterocycles. The van der Waals surface area contributed by atoms with Gasteiger partial charge in [-0.1, -0.05) is 30.2 Å². The summed E-state index contributed by atoms with van der Waals surface area (Å²) in [6, 6.07) is 0. The molecule has 0 spiro atoms. The van der Waals surface area contributed by atoms with Crippen LogP contribution in [0.5, 0.6) is 0 Å². The average molecular weight is 313 g/mol. The minimum Gasteiger partial charge on any atom is -0.333 e. The summed E-state index contributed by atoms with van der Waals surface area (Å²) in [5, 5.41) is 8.70. The number of hydrogen-bond donors (Lipinski definition) is 0. The summed E-state index contributed by atoms with van der Waals surface area (Å²) in [5.41, 5.74) is 5.61. The van der Waals surface area contributed by atoms with Crippen molar-refractivity contribution < 1.29 is 0 Å². The molecule has 0 amide bonds. The molecule has 0 N–H and O–H groups in total. The van der Waals surface area contributed by atoms with Gasteiger partial charge in [0.15, 0.2) is 0 Å². The summed E-state index contributed by atoms with van der Waals surface area (Å²) in [5.74, 6) is 0. The SMILES string of the molecule is CCn1cncc1Cn1cc(CC2=C(C)CCCC2(C)C)nn1. The molecule has 1 aliphatic carbocycles. The quantitative estimate of drug-likeness (QED) is 0.792. The van der Waals surface area contributed by atoms with Crippen LogP contribution in [0.2, 0.25) is 0 Å². The van der Waals surface area contributed by atoms with Crippen molar-refractivity contribution in [2.24, 2.45) is 5.41 Å². The van der Waals surface area contributed by atoms with Crippen molar-refractivity contribution in [3.63, 3.8) is 0 Å². The highest BCUT2D eigenvalue weighted by Gasteiger charge is 2.28. The second-order valence-corrected chi connectivity index (χ2v) is 7.25. The summed E-state index contributed by atoms with van der Waals surface area (Å²) >= 11 is 0. The van der Waals surface area contributed by atoms with Crippen LogP contribution in [0.25, 0.3) is 0 Å². The normalized spacial score (nSPS) is 17.7. The van der Waals surface area contributed by atoms with Gasteiger partial charge in [-0.2, -0.15) is 0 Å². The zero-order valence-corrected chi connectivity index (χ0v) is 14.7. The van der Waals surface area contributed by atoms with E-state index in [1.165, 1.54) is 19.3 Å². The van der Waals surface area contributed by atoms with E-state index in [2.05, 4.69) is 53.8 Å². The monoisotopic (exact) mass is 313 g/mol. The predicted octanol–water partition coefficient (Wildman–Crippen LogP) is 3.61. The fourth-order valence-corrected chi connectivity index (χ4v) is 3.67. The van der Waals surface area contributed by atoms with Crippen LogP contribution in [-0.2, 0) is 19.5 Å². The highest BCUT2D eigenvalue weighted by Crippen LogP contribution is 2.41. The molecule has 5 heteroatoms. The van der Waals surface area contributed by atoms with Crippen LogP contribution in [0, 0.1) is 5.41 Å². The van der Waals surface area contributed by atoms with Crippen molar-refractivity contribution in [2.45, 2.75) is 66.5 Å². The van der Waals surface area contributed by atoms with Crippen molar-refractivity contribution in [2.75, 3.05) is 0 Å². The molecule has 2 aromatic rings. The van der Waals surface area contributed by atoms with Crippen LogP contribution >= 0.6 is 0 Å². The van der Waals surface area contributed by atoms with Crippen LogP contribution in [-0.4, -0.2) is 24.5 Å². The van der Waals surface area contributed by atoms with E-state index in [0.29, 0.717) is 0 Å². The number of aromatic nitrogens is 5. The first-order valence-electron chi connectivity index (χ1n) is 8.56. The van der Waals surface area contributed by atoms with Crippen LogP contribution in [0.15, 0.2) is 29.9 Å². The predicted molar refractivity (Wildman–Crippen MR) is 91.1 cm³/mol. The lowest BCUT2D eigenvalue weighted by molar-refractivity contribution is 0.358. The van der Waals surface area contributed by atoms with Gasteiger partial charge in [0.05, 0.1) is 30.5 Å². The molecule has 0 unspecified atom stereocenters. The molecule has 0 aromatic carbocycles. The van der Waals surface area contributed by atoms with Crippen molar-refractivity contribution in [3.05, 3.63) is 41.3 Å². The second kappa shape index (κ2) is 6.30. The van der Waals surface area contributed by atoms with E-state index in [0.717, 1.165) is 30.9 Å². The molecular weight excluding hydrogens is 286 g/mol. The maximum absolute atomic E-state index is 4.40. The fourth-order valence-electron chi connectivity index (χ4n) is 3.67. The zero-order valence-electron chi connectivity index (χ0n) is 14.7. The van der Waals surface area contributed by atoms with Gasteiger partial charge in [-0.3, -0.25) is 0 Å². The van der Waals surface area contributed by atoms with Gasteiger partial charge in [0, 0.05) is 19.2 Å². The molecule has 0 bridgehead atoms. The number of imidazole rings is 1. The summed E-state index contributed by atoms with van der Waals surface area (Å²) in [4.78, 5) is 4.21. The first-order chi connectivity index (χ1) is 11.0. The number of nitrogens with zero attached hydrogens (tertiary/aromatic N) is 5. The van der Waals surface area contributed by atoms with E-state index in [1.807, 2.05) is 17.2 Å². The standard InChI is InChI=1S/C18H27N5/c1-5-22-13-19-10-16(22)12-23-11-15(20-21-23)9-17-14(2)7-6-8-18(17,3)4/h10-11,13H,5-9,12H2,1-4H3. The van der Waals surface area contributed by atoms with Gasteiger partial charge in [-0.15, -0.1) is 5.10 Å². The molecule has 23 heavy (non-hydrogen) atoms. The van der Waals surface area contributed by atoms with E-state index in [9.17, 15) is 0 Å². The van der Waals surface area contributed by atoms with Gasteiger partial charge in [-0.25, -0.2) is 9.67 Å². The Labute approximate surface area is 138 Å². The molecule has 124 valence electrons. The minimum atomic E-state index is 0.285. The fraction of sp³-hybridized carbons (Fsp3) is 0.611. The van der Waals surface area contributed by atoms with E-state index in [-0.39, 0.29) is 5.41 Å². The minimum absolute atomic E-state index is 0.285. The molecular formula is C18H27N5. The highest BCUT2D eigenvalue weighted by atomic mass is 15.4. The number of allylic oxidation sites excluding steroid dienone is 2. The van der Waals surface area contributed by atoms with Crippen molar-refractivity contribution in [1.29, 1.82) is 0 Å². The van der Waals surface area contributed by atoms with Crippen molar-refractivity contribution >= 4 is 0 Å². The Kier molecular flexibility index (Phi) is 4.37. The number of hydrogen-bond acceptors (Lipinski definition) is 3. The largest absolute Gasteiger partial charge is 0.333 e. The van der Waals surface area contributed by atoms with Gasteiger partial charge in [-0.05, 0) is 38.5 Å². The lowest BCUT2D eigenvalue weighted by Gasteiger charge is -2.34. The molecule has 0 aliphatic heterocycles. The molecule has 0 saturated carbocycles. The summed E-state index contributed by atoms with van der Waals surface area (Å²) in [6.07, 6.45) is 10.6. The van der Waals surface area contributed by atoms with Crippen LogP contribution in [0.3, 0.4) is 0 Å². The van der Waals surface area contributed by atoms with Gasteiger partial charge in [0.25, 0.3) is 0 Å². The lowest BCUT2D eigenvalue weighted by atomic mass is 9.71. The first-order valence-corrected chi connectivity index (χ1v) is 8.56. The summed E-state index contributed by atoms with van der Waals surface area (Å²) in [6.45, 7) is 10.8. The first kappa shape index (κ1) is 16.0. The van der Waals surface area contributed by atoms with Gasteiger partial charge in [0.1, 0.15) is 0 Å². The van der Waals surface area contributed by atoms with E-state index < -0.39 is 0 Å². The molecule has 0 radical (unpaired) electrons. The third kappa shape index (κ3) is 3.38. The Morgan fingerprint density at radius 2 is 2.13 bits per heavy atom. The number of aryl methyl sites for hydroxylation is 1. The molecule has 0 atom stereocenters. The number of rotatable bonds is 5. The zero-order chi connectivity index (χ0) is 16.4. The van der Waals surface area contributed by atoms with Gasteiger partial charge >= 0.3 is 0 Å². The topological polar surface area (TPSA) is 48.5 Å². The Morgan fingerprint density at radius 1 is 1.30 bits per heavy atom. The Balaban J connectivity index is 1.75.